The van der Waals surface area contributed by atoms with Crippen LogP contribution in [-0.2, 0) is 20.7 Å². The molecule has 0 aliphatic heterocycles. The second-order valence-corrected chi connectivity index (χ2v) is 9.16. The first-order valence-electron chi connectivity index (χ1n) is 10.9. The largest absolute Gasteiger partial charge is 0.481 e. The molecule has 1 aromatic heterocycles. The van der Waals surface area contributed by atoms with Crippen LogP contribution >= 0.6 is 11.3 Å². The summed E-state index contributed by atoms with van der Waals surface area (Å²) < 4.78 is 5.54. The Hall–Kier alpha value is -3.72. The van der Waals surface area contributed by atoms with Gasteiger partial charge < -0.3 is 14.7 Å². The molecule has 1 aliphatic carbocycles. The van der Waals surface area contributed by atoms with Gasteiger partial charge in [-0.05, 0) is 28.7 Å². The number of aromatic nitrogens is 1. The number of amides is 2. The fourth-order valence-corrected chi connectivity index (χ4v) is 4.81. The predicted molar refractivity (Wildman–Crippen MR) is 129 cm³/mol. The Morgan fingerprint density at radius 3 is 2.35 bits per heavy atom. The lowest BCUT2D eigenvalue weighted by Gasteiger charge is -2.15. The molecule has 0 atom stereocenters. The van der Waals surface area contributed by atoms with Gasteiger partial charge in [-0.15, -0.1) is 11.3 Å². The molecule has 2 N–H and O–H groups in total. The van der Waals surface area contributed by atoms with E-state index < -0.39 is 12.1 Å². The highest BCUT2D eigenvalue weighted by atomic mass is 32.1. The highest BCUT2D eigenvalue weighted by molar-refractivity contribution is 7.15. The Kier molecular flexibility index (Phi) is 7.22. The minimum atomic E-state index is -0.939. The first-order chi connectivity index (χ1) is 16.4. The summed E-state index contributed by atoms with van der Waals surface area (Å²) in [7, 11) is 1.59. The number of carboxylic acids is 1. The zero-order valence-electron chi connectivity index (χ0n) is 18.7. The molecule has 176 valence electrons. The maximum absolute atomic E-state index is 12.4. The molecule has 1 heterocycles. The normalized spacial score (nSPS) is 12.0. The third-order valence-corrected chi connectivity index (χ3v) is 6.75. The summed E-state index contributed by atoms with van der Waals surface area (Å²) in [6.45, 7) is 0.390. The van der Waals surface area contributed by atoms with Crippen molar-refractivity contribution in [3.8, 4) is 11.1 Å². The molecule has 9 heteroatoms. The summed E-state index contributed by atoms with van der Waals surface area (Å²) in [6.07, 6.45) is 1.65. The number of hydrogen-bond donors (Lipinski definition) is 2. The Morgan fingerprint density at radius 2 is 1.71 bits per heavy atom. The van der Waals surface area contributed by atoms with Crippen LogP contribution in [0.3, 0.4) is 0 Å². The van der Waals surface area contributed by atoms with Gasteiger partial charge in [0.1, 0.15) is 6.61 Å². The van der Waals surface area contributed by atoms with Crippen molar-refractivity contribution in [2.75, 3.05) is 25.5 Å². The van der Waals surface area contributed by atoms with E-state index in [0.717, 1.165) is 16.0 Å². The Morgan fingerprint density at radius 1 is 1.06 bits per heavy atom. The van der Waals surface area contributed by atoms with Crippen LogP contribution < -0.4 is 5.32 Å². The lowest BCUT2D eigenvalue weighted by molar-refractivity contribution is -0.138. The maximum atomic E-state index is 12.4. The summed E-state index contributed by atoms with van der Waals surface area (Å²) in [5.74, 6) is -1.10. The molecular weight excluding hydrogens is 454 g/mol. The summed E-state index contributed by atoms with van der Waals surface area (Å²) in [6, 6.07) is 16.3. The maximum Gasteiger partial charge on any atom is 0.413 e. The predicted octanol–water partition coefficient (Wildman–Crippen LogP) is 4.37. The number of carbonyl (C=O) groups excluding carboxylic acids is 2. The minimum Gasteiger partial charge on any atom is -0.481 e. The van der Waals surface area contributed by atoms with Crippen molar-refractivity contribution in [3.63, 3.8) is 0 Å². The lowest BCUT2D eigenvalue weighted by atomic mass is 9.98. The highest BCUT2D eigenvalue weighted by Gasteiger charge is 2.29. The van der Waals surface area contributed by atoms with Crippen LogP contribution in [-0.4, -0.2) is 53.2 Å². The number of ether oxygens (including phenoxy) is 1. The second-order valence-electron chi connectivity index (χ2n) is 8.04. The van der Waals surface area contributed by atoms with Gasteiger partial charge in [0.2, 0.25) is 5.91 Å². The van der Waals surface area contributed by atoms with E-state index in [1.165, 1.54) is 27.4 Å². The lowest BCUT2D eigenvalue weighted by Crippen LogP contribution is -2.29. The fraction of sp³-hybridized carbons (Fsp3) is 0.280. The molecular formula is C25H25N3O5S. The van der Waals surface area contributed by atoms with Crippen LogP contribution in [0.1, 0.15) is 34.8 Å². The number of thiazole rings is 1. The van der Waals surface area contributed by atoms with Gasteiger partial charge in [-0.1, -0.05) is 48.5 Å². The minimum absolute atomic E-state index is 0.0193. The third-order valence-electron chi connectivity index (χ3n) is 5.78. The number of anilines is 1. The zero-order valence-corrected chi connectivity index (χ0v) is 19.5. The SMILES string of the molecule is CN(CCC(=O)O)C(=O)CCc1cnc(NC(=O)OCC2c3ccccc3-c3ccccc32)s1. The van der Waals surface area contributed by atoms with E-state index in [2.05, 4.69) is 34.6 Å². The number of hydrogen-bond acceptors (Lipinski definition) is 6. The number of aliphatic carboxylic acids is 1. The van der Waals surface area contributed by atoms with Gasteiger partial charge in [0, 0.05) is 37.0 Å². The smallest absolute Gasteiger partial charge is 0.413 e. The van der Waals surface area contributed by atoms with E-state index in [9.17, 15) is 14.4 Å². The molecule has 0 unspecified atom stereocenters. The summed E-state index contributed by atoms with van der Waals surface area (Å²) in [5.41, 5.74) is 4.62. The quantitative estimate of drug-likeness (QED) is 0.472. The highest BCUT2D eigenvalue weighted by Crippen LogP contribution is 2.44. The number of fused-ring (bicyclic) bond motifs is 3. The average molecular weight is 480 g/mol. The van der Waals surface area contributed by atoms with Crippen molar-refractivity contribution < 1.29 is 24.2 Å². The van der Waals surface area contributed by atoms with E-state index in [1.54, 1.807) is 13.2 Å². The Labute approximate surface area is 201 Å². The van der Waals surface area contributed by atoms with Crippen LogP contribution in [0.15, 0.2) is 54.7 Å². The fourth-order valence-electron chi connectivity index (χ4n) is 4.01. The number of nitrogens with one attached hydrogen (secondary N) is 1. The molecule has 2 aromatic carbocycles. The molecule has 2 amide bonds. The van der Waals surface area contributed by atoms with Gasteiger partial charge in [-0.25, -0.2) is 9.78 Å². The molecule has 0 saturated heterocycles. The van der Waals surface area contributed by atoms with Crippen LogP contribution in [0, 0.1) is 0 Å². The standard InChI is InChI=1S/C25H25N3O5S/c1-28(13-12-23(30)31)22(29)11-10-16-14-26-24(34-16)27-25(32)33-15-21-19-8-4-2-6-17(19)18-7-3-5-9-20(18)21/h2-9,14,21H,10-13,15H2,1H3,(H,30,31)(H,26,27,32). The molecule has 0 spiro atoms. The zero-order chi connectivity index (χ0) is 24.1. The van der Waals surface area contributed by atoms with Crippen molar-refractivity contribution in [3.05, 3.63) is 70.7 Å². The molecule has 0 fully saturated rings. The van der Waals surface area contributed by atoms with E-state index in [1.807, 2.05) is 24.3 Å². The molecule has 4 rings (SSSR count). The second kappa shape index (κ2) is 10.5. The van der Waals surface area contributed by atoms with Crippen LogP contribution in [0.2, 0.25) is 0 Å². The Bertz CT molecular complexity index is 1160. The first kappa shape index (κ1) is 23.4. The van der Waals surface area contributed by atoms with Gasteiger partial charge in [0.15, 0.2) is 5.13 Å². The van der Waals surface area contributed by atoms with E-state index in [-0.39, 0.29) is 37.8 Å². The topological polar surface area (TPSA) is 109 Å². The average Bonchev–Trinajstić information content (AvgIpc) is 3.41. The third kappa shape index (κ3) is 5.43. The number of carboxylic acid groups (broad SMARTS) is 1. The molecule has 1 aliphatic rings. The molecule has 0 bridgehead atoms. The van der Waals surface area contributed by atoms with Crippen molar-refractivity contribution in [1.82, 2.24) is 9.88 Å². The van der Waals surface area contributed by atoms with E-state index >= 15 is 0 Å². The molecule has 3 aromatic rings. The van der Waals surface area contributed by atoms with Gasteiger partial charge in [-0.2, -0.15) is 0 Å². The molecule has 8 nitrogen and oxygen atoms in total. The molecule has 34 heavy (non-hydrogen) atoms. The van der Waals surface area contributed by atoms with Gasteiger partial charge in [0.25, 0.3) is 0 Å². The monoisotopic (exact) mass is 479 g/mol. The van der Waals surface area contributed by atoms with Crippen molar-refractivity contribution in [1.29, 1.82) is 0 Å². The summed E-state index contributed by atoms with van der Waals surface area (Å²) in [4.78, 5) is 41.6. The number of benzene rings is 2. The van der Waals surface area contributed by atoms with E-state index in [4.69, 9.17) is 9.84 Å². The number of nitrogens with zero attached hydrogens (tertiary/aromatic N) is 2. The van der Waals surface area contributed by atoms with Crippen molar-refractivity contribution in [2.45, 2.75) is 25.2 Å². The van der Waals surface area contributed by atoms with Gasteiger partial charge in [-0.3, -0.25) is 14.9 Å². The van der Waals surface area contributed by atoms with Gasteiger partial charge in [0.05, 0.1) is 6.42 Å². The number of aryl methyl sites for hydroxylation is 1. The van der Waals surface area contributed by atoms with Crippen LogP contribution in [0.4, 0.5) is 9.93 Å². The van der Waals surface area contributed by atoms with Gasteiger partial charge >= 0.3 is 12.1 Å². The number of carbonyl (C=O) groups is 3. The van der Waals surface area contributed by atoms with E-state index in [0.29, 0.717) is 11.6 Å². The summed E-state index contributed by atoms with van der Waals surface area (Å²) >= 11 is 1.28. The van der Waals surface area contributed by atoms with Crippen LogP contribution in [0.25, 0.3) is 11.1 Å². The summed E-state index contributed by atoms with van der Waals surface area (Å²) in [5, 5.41) is 11.8. The Balaban J connectivity index is 1.28. The number of rotatable bonds is 9. The first-order valence-corrected chi connectivity index (χ1v) is 11.8. The van der Waals surface area contributed by atoms with Crippen molar-refractivity contribution in [2.24, 2.45) is 0 Å². The molecule has 0 saturated carbocycles. The molecule has 0 radical (unpaired) electrons. The van der Waals surface area contributed by atoms with Crippen molar-refractivity contribution >= 4 is 34.4 Å². The van der Waals surface area contributed by atoms with Crippen LogP contribution in [0.5, 0.6) is 0 Å².